The van der Waals surface area contributed by atoms with Gasteiger partial charge in [0.15, 0.2) is 0 Å². The predicted octanol–water partition coefficient (Wildman–Crippen LogP) is 2.66. The molecule has 0 aliphatic carbocycles. The van der Waals surface area contributed by atoms with Gasteiger partial charge in [-0.3, -0.25) is 0 Å². The topological polar surface area (TPSA) is 41.1 Å². The maximum absolute atomic E-state index is 4.44. The van der Waals surface area contributed by atoms with E-state index in [1.807, 2.05) is 19.4 Å². The Balaban J connectivity index is 2.23. The fraction of sp³-hybridized carbons (Fsp3) is 0.333. The van der Waals surface area contributed by atoms with E-state index in [-0.39, 0.29) is 0 Å². The fourth-order valence-corrected chi connectivity index (χ4v) is 1.95. The van der Waals surface area contributed by atoms with E-state index in [0.29, 0.717) is 0 Å². The molecule has 0 amide bonds. The van der Waals surface area contributed by atoms with E-state index in [9.17, 15) is 0 Å². The number of aryl methyl sites for hydroxylation is 1. The molecule has 0 spiro atoms. The molecule has 4 heteroatoms. The second kappa shape index (κ2) is 6.29. The highest BCUT2D eigenvalue weighted by Gasteiger charge is 2.09. The molecule has 1 N–H and O–H groups in total. The molecule has 1 heterocycles. The van der Waals surface area contributed by atoms with E-state index in [1.54, 1.807) is 0 Å². The molecule has 19 heavy (non-hydrogen) atoms. The summed E-state index contributed by atoms with van der Waals surface area (Å²) in [5.74, 6) is 0.742. The van der Waals surface area contributed by atoms with Crippen molar-refractivity contribution in [3.8, 4) is 0 Å². The summed E-state index contributed by atoms with van der Waals surface area (Å²) in [6.45, 7) is 5.82. The van der Waals surface area contributed by atoms with Crippen LogP contribution in [0, 0.1) is 6.92 Å². The van der Waals surface area contributed by atoms with E-state index in [2.05, 4.69) is 58.3 Å². The van der Waals surface area contributed by atoms with Crippen molar-refractivity contribution < 1.29 is 0 Å². The van der Waals surface area contributed by atoms with Crippen LogP contribution >= 0.6 is 0 Å². The molecule has 1 aromatic carbocycles. The normalized spacial score (nSPS) is 10.5. The molecule has 0 saturated carbocycles. The molecular formula is C15H20N4. The van der Waals surface area contributed by atoms with Gasteiger partial charge >= 0.3 is 0 Å². The summed E-state index contributed by atoms with van der Waals surface area (Å²) in [6, 6.07) is 8.41. The highest BCUT2D eigenvalue weighted by Crippen LogP contribution is 2.21. The van der Waals surface area contributed by atoms with Crippen LogP contribution in [0.2, 0.25) is 0 Å². The quantitative estimate of drug-likeness (QED) is 0.893. The van der Waals surface area contributed by atoms with E-state index < -0.39 is 0 Å². The largest absolute Gasteiger partial charge is 0.316 e. The third-order valence-corrected chi connectivity index (χ3v) is 2.98. The summed E-state index contributed by atoms with van der Waals surface area (Å²) >= 11 is 0. The van der Waals surface area contributed by atoms with Gasteiger partial charge in [-0.2, -0.15) is 0 Å². The van der Waals surface area contributed by atoms with Crippen molar-refractivity contribution in [2.24, 2.45) is 0 Å². The lowest BCUT2D eigenvalue weighted by atomic mass is 10.2. The van der Waals surface area contributed by atoms with Gasteiger partial charge in [-0.1, -0.05) is 17.7 Å². The number of nitrogens with one attached hydrogen (secondary N) is 1. The molecule has 0 radical (unpaired) electrons. The average Bonchev–Trinajstić information content (AvgIpc) is 2.44. The molecule has 1 aromatic heterocycles. The Morgan fingerprint density at radius 2 is 1.74 bits per heavy atom. The molecule has 0 aliphatic rings. The molecule has 0 unspecified atom stereocenters. The second-order valence-corrected chi connectivity index (χ2v) is 4.50. The minimum atomic E-state index is 0.742. The molecule has 0 aliphatic heterocycles. The molecule has 2 aromatic rings. The lowest BCUT2D eigenvalue weighted by Crippen LogP contribution is -2.19. The first-order valence-electron chi connectivity index (χ1n) is 6.54. The van der Waals surface area contributed by atoms with Gasteiger partial charge in [-0.05, 0) is 33.0 Å². The van der Waals surface area contributed by atoms with Crippen molar-refractivity contribution in [1.29, 1.82) is 0 Å². The fourth-order valence-electron chi connectivity index (χ4n) is 1.95. The Kier molecular flexibility index (Phi) is 4.47. The van der Waals surface area contributed by atoms with E-state index >= 15 is 0 Å². The van der Waals surface area contributed by atoms with Crippen LogP contribution in [0.3, 0.4) is 0 Å². The molecule has 0 bridgehead atoms. The maximum atomic E-state index is 4.44. The van der Waals surface area contributed by atoms with Crippen LogP contribution < -0.4 is 10.2 Å². The average molecular weight is 256 g/mol. The van der Waals surface area contributed by atoms with Crippen LogP contribution in [0.1, 0.15) is 18.1 Å². The third-order valence-electron chi connectivity index (χ3n) is 2.98. The van der Waals surface area contributed by atoms with Gasteiger partial charge < -0.3 is 10.2 Å². The van der Waals surface area contributed by atoms with Crippen molar-refractivity contribution in [1.82, 2.24) is 15.3 Å². The molecule has 0 atom stereocenters. The minimum Gasteiger partial charge on any atom is -0.316 e. The smallest absolute Gasteiger partial charge is 0.229 e. The lowest BCUT2D eigenvalue weighted by Gasteiger charge is -2.21. The molecule has 0 fully saturated rings. The number of anilines is 2. The second-order valence-electron chi connectivity index (χ2n) is 4.50. The van der Waals surface area contributed by atoms with Crippen molar-refractivity contribution in [2.45, 2.75) is 20.4 Å². The predicted molar refractivity (Wildman–Crippen MR) is 78.7 cm³/mol. The van der Waals surface area contributed by atoms with Crippen LogP contribution in [-0.2, 0) is 6.54 Å². The monoisotopic (exact) mass is 256 g/mol. The van der Waals surface area contributed by atoms with Crippen LogP contribution in [0.4, 0.5) is 11.6 Å². The highest BCUT2D eigenvalue weighted by atomic mass is 15.2. The first-order chi connectivity index (χ1) is 9.24. The summed E-state index contributed by atoms with van der Waals surface area (Å²) in [6.07, 6.45) is 3.74. The number of rotatable bonds is 5. The Bertz CT molecular complexity index is 505. The van der Waals surface area contributed by atoms with Crippen molar-refractivity contribution in [3.05, 3.63) is 47.8 Å². The van der Waals surface area contributed by atoms with Gasteiger partial charge in [0.1, 0.15) is 0 Å². The standard InChI is InChI=1S/C15H20N4/c1-4-19(14-7-5-12(2)6-8-14)15-17-10-13(9-16-3)11-18-15/h5-8,10-11,16H,4,9H2,1-3H3. The van der Waals surface area contributed by atoms with E-state index in [4.69, 9.17) is 0 Å². The summed E-state index contributed by atoms with van der Waals surface area (Å²) in [5.41, 5.74) is 3.46. The molecule has 4 nitrogen and oxygen atoms in total. The Labute approximate surface area is 114 Å². The van der Waals surface area contributed by atoms with Gasteiger partial charge in [0.2, 0.25) is 5.95 Å². The SMILES string of the molecule is CCN(c1ccc(C)cc1)c1ncc(CNC)cn1. The highest BCUT2D eigenvalue weighted by molar-refractivity contribution is 5.57. The summed E-state index contributed by atoms with van der Waals surface area (Å²) in [4.78, 5) is 11.0. The summed E-state index contributed by atoms with van der Waals surface area (Å²) in [5, 5.41) is 3.09. The van der Waals surface area contributed by atoms with Crippen LogP contribution in [-0.4, -0.2) is 23.6 Å². The van der Waals surface area contributed by atoms with E-state index in [0.717, 1.165) is 30.3 Å². The van der Waals surface area contributed by atoms with Crippen LogP contribution in [0.15, 0.2) is 36.7 Å². The number of hydrogen-bond donors (Lipinski definition) is 1. The number of aromatic nitrogens is 2. The first kappa shape index (κ1) is 13.5. The van der Waals surface area contributed by atoms with Crippen molar-refractivity contribution in [3.63, 3.8) is 0 Å². The lowest BCUT2D eigenvalue weighted by molar-refractivity contribution is 0.803. The molecule has 0 saturated heterocycles. The minimum absolute atomic E-state index is 0.742. The van der Waals surface area contributed by atoms with Gasteiger partial charge in [0.25, 0.3) is 0 Å². The van der Waals surface area contributed by atoms with Crippen molar-refractivity contribution in [2.75, 3.05) is 18.5 Å². The summed E-state index contributed by atoms with van der Waals surface area (Å²) < 4.78 is 0. The Hall–Kier alpha value is -1.94. The zero-order valence-corrected chi connectivity index (χ0v) is 11.7. The zero-order valence-electron chi connectivity index (χ0n) is 11.7. The molecular weight excluding hydrogens is 236 g/mol. The number of hydrogen-bond acceptors (Lipinski definition) is 4. The number of benzene rings is 1. The van der Waals surface area contributed by atoms with Gasteiger partial charge in [0, 0.05) is 36.7 Å². The first-order valence-corrected chi connectivity index (χ1v) is 6.54. The molecule has 100 valence electrons. The number of nitrogens with zero attached hydrogens (tertiary/aromatic N) is 3. The molecule has 2 rings (SSSR count). The maximum Gasteiger partial charge on any atom is 0.229 e. The van der Waals surface area contributed by atoms with Gasteiger partial charge in [-0.25, -0.2) is 9.97 Å². The van der Waals surface area contributed by atoms with E-state index in [1.165, 1.54) is 5.56 Å². The van der Waals surface area contributed by atoms with Gasteiger partial charge in [0.05, 0.1) is 0 Å². The Morgan fingerprint density at radius 3 is 2.26 bits per heavy atom. The summed E-state index contributed by atoms with van der Waals surface area (Å²) in [7, 11) is 1.92. The van der Waals surface area contributed by atoms with Crippen LogP contribution in [0.25, 0.3) is 0 Å². The van der Waals surface area contributed by atoms with Gasteiger partial charge in [-0.15, -0.1) is 0 Å². The zero-order chi connectivity index (χ0) is 13.7. The Morgan fingerprint density at radius 1 is 1.11 bits per heavy atom. The van der Waals surface area contributed by atoms with Crippen LogP contribution in [0.5, 0.6) is 0 Å². The van der Waals surface area contributed by atoms with Crippen molar-refractivity contribution >= 4 is 11.6 Å². The third kappa shape index (κ3) is 3.29.